The first-order chi connectivity index (χ1) is 7.12. The average molecular weight is 274 g/mol. The lowest BCUT2D eigenvalue weighted by Crippen LogP contribution is -2.27. The average Bonchev–Trinajstić information content (AvgIpc) is 2.20. The quantitative estimate of drug-likeness (QED) is 0.490. The highest BCUT2D eigenvalue weighted by Gasteiger charge is 2.07. The Balaban J connectivity index is 3.41. The fourth-order valence-corrected chi connectivity index (χ4v) is 3.00. The van der Waals surface area contributed by atoms with Crippen LogP contribution in [0.2, 0.25) is 0 Å². The molecule has 0 aromatic carbocycles. The number of alkyl halides is 1. The van der Waals surface area contributed by atoms with E-state index in [1.165, 1.54) is 0 Å². The molecular formula is C9H20ClNO2S2. The molecule has 0 atom stereocenters. The molecule has 0 saturated carbocycles. The topological polar surface area (TPSA) is 46.2 Å². The third kappa shape index (κ3) is 10.8. The molecule has 0 rings (SSSR count). The van der Waals surface area contributed by atoms with E-state index < -0.39 is 10.0 Å². The molecule has 0 amide bonds. The van der Waals surface area contributed by atoms with E-state index in [1.54, 1.807) is 0 Å². The van der Waals surface area contributed by atoms with Crippen LogP contribution in [0, 0.1) is 0 Å². The molecule has 0 aromatic rings. The normalized spacial score (nSPS) is 11.9. The van der Waals surface area contributed by atoms with Gasteiger partial charge in [-0.2, -0.15) is 11.8 Å². The minimum absolute atomic E-state index is 0.140. The Morgan fingerprint density at radius 1 is 1.20 bits per heavy atom. The van der Waals surface area contributed by atoms with Gasteiger partial charge in [0.25, 0.3) is 0 Å². The summed E-state index contributed by atoms with van der Waals surface area (Å²) >= 11 is 7.25. The summed E-state index contributed by atoms with van der Waals surface area (Å²) in [5.74, 6) is 1.69. The van der Waals surface area contributed by atoms with E-state index in [0.717, 1.165) is 25.0 Å². The highest BCUT2D eigenvalue weighted by molar-refractivity contribution is 7.98. The van der Waals surface area contributed by atoms with Gasteiger partial charge in [-0.25, -0.2) is 13.1 Å². The molecular weight excluding hydrogens is 254 g/mol. The van der Waals surface area contributed by atoms with Crippen molar-refractivity contribution >= 4 is 33.4 Å². The number of halogens is 1. The molecule has 0 heterocycles. The SMILES string of the molecule is CSCCCCCNS(=O)(=O)CCCCl. The number of thioether (sulfide) groups is 1. The molecule has 0 bridgehead atoms. The van der Waals surface area contributed by atoms with Crippen molar-refractivity contribution in [2.24, 2.45) is 0 Å². The van der Waals surface area contributed by atoms with Crippen molar-refractivity contribution in [3.8, 4) is 0 Å². The second-order valence-electron chi connectivity index (χ2n) is 3.31. The van der Waals surface area contributed by atoms with E-state index in [2.05, 4.69) is 11.0 Å². The highest BCUT2D eigenvalue weighted by Crippen LogP contribution is 2.01. The smallest absolute Gasteiger partial charge is 0.211 e. The van der Waals surface area contributed by atoms with Crippen molar-refractivity contribution in [3.05, 3.63) is 0 Å². The van der Waals surface area contributed by atoms with Gasteiger partial charge in [0.2, 0.25) is 10.0 Å². The maximum atomic E-state index is 11.3. The van der Waals surface area contributed by atoms with Crippen molar-refractivity contribution in [1.29, 1.82) is 0 Å². The zero-order chi connectivity index (χ0) is 11.6. The summed E-state index contributed by atoms with van der Waals surface area (Å²) in [6, 6.07) is 0. The van der Waals surface area contributed by atoms with Crippen molar-refractivity contribution < 1.29 is 8.42 Å². The van der Waals surface area contributed by atoms with Crippen LogP contribution in [0.15, 0.2) is 0 Å². The third-order valence-corrected chi connectivity index (χ3v) is 4.33. The molecule has 0 unspecified atom stereocenters. The second-order valence-corrected chi connectivity index (χ2v) is 6.60. The number of hydrogen-bond donors (Lipinski definition) is 1. The molecule has 0 aliphatic carbocycles. The molecule has 92 valence electrons. The Kier molecular flexibility index (Phi) is 10.1. The van der Waals surface area contributed by atoms with E-state index in [1.807, 2.05) is 11.8 Å². The molecule has 0 aliphatic heterocycles. The zero-order valence-corrected chi connectivity index (χ0v) is 11.6. The van der Waals surface area contributed by atoms with Gasteiger partial charge in [-0.15, -0.1) is 11.6 Å². The fourth-order valence-electron chi connectivity index (χ4n) is 1.09. The molecule has 0 aromatic heterocycles. The lowest BCUT2D eigenvalue weighted by molar-refractivity contribution is 0.575. The number of sulfonamides is 1. The number of rotatable bonds is 10. The van der Waals surface area contributed by atoms with Crippen LogP contribution >= 0.6 is 23.4 Å². The minimum Gasteiger partial charge on any atom is -0.215 e. The summed E-state index contributed by atoms with van der Waals surface area (Å²) in [4.78, 5) is 0. The maximum Gasteiger partial charge on any atom is 0.211 e. The van der Waals surface area contributed by atoms with Gasteiger partial charge in [-0.3, -0.25) is 0 Å². The van der Waals surface area contributed by atoms with E-state index in [-0.39, 0.29) is 5.75 Å². The summed E-state index contributed by atoms with van der Waals surface area (Å²) < 4.78 is 25.2. The van der Waals surface area contributed by atoms with Crippen LogP contribution < -0.4 is 4.72 Å². The van der Waals surface area contributed by atoms with Crippen LogP contribution in [0.1, 0.15) is 25.7 Å². The monoisotopic (exact) mass is 273 g/mol. The zero-order valence-electron chi connectivity index (χ0n) is 9.17. The van der Waals surface area contributed by atoms with Crippen LogP contribution in [0.5, 0.6) is 0 Å². The summed E-state index contributed by atoms with van der Waals surface area (Å²) in [6.45, 7) is 0.555. The van der Waals surface area contributed by atoms with Crippen LogP contribution in [-0.4, -0.2) is 38.6 Å². The number of hydrogen-bond acceptors (Lipinski definition) is 3. The van der Waals surface area contributed by atoms with Gasteiger partial charge >= 0.3 is 0 Å². The third-order valence-electron chi connectivity index (χ3n) is 1.89. The first kappa shape index (κ1) is 15.6. The molecule has 6 heteroatoms. The molecule has 15 heavy (non-hydrogen) atoms. The van der Waals surface area contributed by atoms with Crippen molar-refractivity contribution in [2.45, 2.75) is 25.7 Å². The molecule has 1 N–H and O–H groups in total. The summed E-state index contributed by atoms with van der Waals surface area (Å²) in [7, 11) is -3.08. The Morgan fingerprint density at radius 2 is 1.93 bits per heavy atom. The van der Waals surface area contributed by atoms with Gasteiger partial charge in [-0.05, 0) is 31.3 Å². The highest BCUT2D eigenvalue weighted by atomic mass is 35.5. The molecule has 0 aliphatic rings. The van der Waals surface area contributed by atoms with Gasteiger partial charge < -0.3 is 0 Å². The van der Waals surface area contributed by atoms with Gasteiger partial charge in [0.1, 0.15) is 0 Å². The second kappa shape index (κ2) is 9.75. The maximum absolute atomic E-state index is 11.3. The van der Waals surface area contributed by atoms with Gasteiger partial charge in [-0.1, -0.05) is 6.42 Å². The molecule has 0 spiro atoms. The fraction of sp³-hybridized carbons (Fsp3) is 1.00. The summed E-state index contributed by atoms with van der Waals surface area (Å²) in [6.07, 6.45) is 5.75. The Bertz CT molecular complexity index is 232. The Labute approximate surface area is 102 Å². The largest absolute Gasteiger partial charge is 0.215 e. The van der Waals surface area contributed by atoms with Gasteiger partial charge in [0.15, 0.2) is 0 Å². The van der Waals surface area contributed by atoms with Crippen LogP contribution in [-0.2, 0) is 10.0 Å². The van der Waals surface area contributed by atoms with Crippen molar-refractivity contribution in [2.75, 3.05) is 30.2 Å². The van der Waals surface area contributed by atoms with Crippen LogP contribution in [0.3, 0.4) is 0 Å². The first-order valence-electron chi connectivity index (χ1n) is 5.14. The number of nitrogens with one attached hydrogen (secondary N) is 1. The van der Waals surface area contributed by atoms with Crippen molar-refractivity contribution in [1.82, 2.24) is 4.72 Å². The minimum atomic E-state index is -3.08. The van der Waals surface area contributed by atoms with E-state index in [9.17, 15) is 8.42 Å². The lowest BCUT2D eigenvalue weighted by atomic mass is 10.2. The van der Waals surface area contributed by atoms with E-state index in [0.29, 0.717) is 18.8 Å². The predicted molar refractivity (Wildman–Crippen MR) is 69.4 cm³/mol. The van der Waals surface area contributed by atoms with Crippen LogP contribution in [0.4, 0.5) is 0 Å². The predicted octanol–water partition coefficient (Wildman–Crippen LogP) is 2.07. The van der Waals surface area contributed by atoms with E-state index >= 15 is 0 Å². The molecule has 0 fully saturated rings. The molecule has 0 saturated heterocycles. The number of unbranched alkanes of at least 4 members (excludes halogenated alkanes) is 2. The van der Waals surface area contributed by atoms with E-state index in [4.69, 9.17) is 11.6 Å². The van der Waals surface area contributed by atoms with Gasteiger partial charge in [0, 0.05) is 12.4 Å². The standard InChI is InChI=1S/C9H20ClNO2S2/c1-14-8-4-2-3-7-11-15(12,13)9-5-6-10/h11H,2-9H2,1H3. The van der Waals surface area contributed by atoms with Gasteiger partial charge in [0.05, 0.1) is 5.75 Å². The Hall–Kier alpha value is 0.550. The molecule has 3 nitrogen and oxygen atoms in total. The van der Waals surface area contributed by atoms with Crippen LogP contribution in [0.25, 0.3) is 0 Å². The van der Waals surface area contributed by atoms with Crippen molar-refractivity contribution in [3.63, 3.8) is 0 Å². The summed E-state index contributed by atoms with van der Waals surface area (Å²) in [5, 5.41) is 0. The lowest BCUT2D eigenvalue weighted by Gasteiger charge is -2.05. The summed E-state index contributed by atoms with van der Waals surface area (Å²) in [5.41, 5.74) is 0. The molecule has 0 radical (unpaired) electrons. The Morgan fingerprint density at radius 3 is 2.53 bits per heavy atom. The first-order valence-corrected chi connectivity index (χ1v) is 8.72.